The van der Waals surface area contributed by atoms with Crippen molar-refractivity contribution in [3.05, 3.63) is 48.0 Å². The third kappa shape index (κ3) is 2.08. The van der Waals surface area contributed by atoms with Crippen LogP contribution in [0.15, 0.2) is 36.7 Å². The molecule has 1 N–H and O–H groups in total. The van der Waals surface area contributed by atoms with Crippen LogP contribution in [0.5, 0.6) is 0 Å². The van der Waals surface area contributed by atoms with Crippen molar-refractivity contribution in [2.45, 2.75) is 6.54 Å². The minimum atomic E-state index is -0.228. The number of nitrogens with one attached hydrogen (secondary N) is 1. The molecule has 2 aromatic rings. The zero-order chi connectivity index (χ0) is 11.4. The molecule has 5 heteroatoms. The van der Waals surface area contributed by atoms with Gasteiger partial charge in [-0.15, -0.1) is 0 Å². The smallest absolute Gasteiger partial charge is 0.288 e. The molecule has 0 unspecified atom stereocenters. The van der Waals surface area contributed by atoms with E-state index in [1.54, 1.807) is 11.7 Å². The highest BCUT2D eigenvalue weighted by Gasteiger charge is 2.11. The number of aromatic nitrogens is 3. The zero-order valence-electron chi connectivity index (χ0n) is 8.92. The number of rotatable bonds is 3. The fraction of sp³-hybridized carbons (Fsp3) is 0.182. The standard InChI is InChI=1S/C11H12N4O/c1-12-11(16)10-13-8-14-15(10)7-9-5-3-2-4-6-9/h2-6,8H,7H2,1H3,(H,12,16). The Morgan fingerprint density at radius 3 is 2.81 bits per heavy atom. The molecule has 82 valence electrons. The fourth-order valence-electron chi connectivity index (χ4n) is 1.42. The van der Waals surface area contributed by atoms with E-state index >= 15 is 0 Å². The molecule has 16 heavy (non-hydrogen) atoms. The number of carbonyl (C=O) groups excluding carboxylic acids is 1. The van der Waals surface area contributed by atoms with Crippen LogP contribution < -0.4 is 5.32 Å². The van der Waals surface area contributed by atoms with E-state index in [9.17, 15) is 4.79 Å². The highest BCUT2D eigenvalue weighted by atomic mass is 16.2. The Labute approximate surface area is 93.1 Å². The predicted octanol–water partition coefficient (Wildman–Crippen LogP) is 0.686. The van der Waals surface area contributed by atoms with Crippen LogP contribution in [0.25, 0.3) is 0 Å². The van der Waals surface area contributed by atoms with Gasteiger partial charge < -0.3 is 5.32 Å². The minimum absolute atomic E-state index is 0.228. The van der Waals surface area contributed by atoms with E-state index in [-0.39, 0.29) is 5.91 Å². The van der Waals surface area contributed by atoms with Crippen LogP contribution in [0.2, 0.25) is 0 Å². The summed E-state index contributed by atoms with van der Waals surface area (Å²) < 4.78 is 1.58. The topological polar surface area (TPSA) is 59.8 Å². The Hall–Kier alpha value is -2.17. The molecule has 1 heterocycles. The van der Waals surface area contributed by atoms with E-state index in [1.807, 2.05) is 30.3 Å². The summed E-state index contributed by atoms with van der Waals surface area (Å²) in [7, 11) is 1.57. The first-order valence-electron chi connectivity index (χ1n) is 4.95. The van der Waals surface area contributed by atoms with Crippen LogP contribution in [-0.2, 0) is 6.54 Å². The van der Waals surface area contributed by atoms with Gasteiger partial charge >= 0.3 is 0 Å². The van der Waals surface area contributed by atoms with Gasteiger partial charge in [-0.3, -0.25) is 4.79 Å². The molecule has 0 aliphatic carbocycles. The molecule has 0 aliphatic rings. The SMILES string of the molecule is CNC(=O)c1ncnn1Cc1ccccc1. The molecule has 5 nitrogen and oxygen atoms in total. The maximum absolute atomic E-state index is 11.5. The summed E-state index contributed by atoms with van der Waals surface area (Å²) in [6.07, 6.45) is 1.38. The van der Waals surface area contributed by atoms with Crippen molar-refractivity contribution in [2.24, 2.45) is 0 Å². The Balaban J connectivity index is 2.22. The first kappa shape index (κ1) is 10.4. The lowest BCUT2D eigenvalue weighted by Crippen LogP contribution is -2.23. The molecular formula is C11H12N4O. The van der Waals surface area contributed by atoms with Crippen LogP contribution in [0.4, 0.5) is 0 Å². The molecule has 2 rings (SSSR count). The van der Waals surface area contributed by atoms with Gasteiger partial charge in [-0.2, -0.15) is 5.10 Å². The van der Waals surface area contributed by atoms with Crippen molar-refractivity contribution in [2.75, 3.05) is 7.05 Å². The van der Waals surface area contributed by atoms with E-state index in [0.29, 0.717) is 12.4 Å². The van der Waals surface area contributed by atoms with Gasteiger partial charge in [0.1, 0.15) is 6.33 Å². The highest BCUT2D eigenvalue weighted by Crippen LogP contribution is 2.03. The summed E-state index contributed by atoms with van der Waals surface area (Å²) in [5, 5.41) is 6.56. The van der Waals surface area contributed by atoms with Gasteiger partial charge in [-0.25, -0.2) is 9.67 Å². The normalized spacial score (nSPS) is 10.1. The van der Waals surface area contributed by atoms with Crippen LogP contribution in [0.1, 0.15) is 16.2 Å². The molecule has 1 amide bonds. The molecule has 0 saturated heterocycles. The van der Waals surface area contributed by atoms with Crippen molar-refractivity contribution in [1.82, 2.24) is 20.1 Å². The van der Waals surface area contributed by atoms with Crippen LogP contribution in [-0.4, -0.2) is 27.7 Å². The Bertz CT molecular complexity index is 478. The van der Waals surface area contributed by atoms with Crippen molar-refractivity contribution in [3.63, 3.8) is 0 Å². The monoisotopic (exact) mass is 216 g/mol. The van der Waals surface area contributed by atoms with E-state index in [0.717, 1.165) is 5.56 Å². The van der Waals surface area contributed by atoms with Crippen molar-refractivity contribution < 1.29 is 4.79 Å². The number of amides is 1. The average molecular weight is 216 g/mol. The predicted molar refractivity (Wildman–Crippen MR) is 59.0 cm³/mol. The number of nitrogens with zero attached hydrogens (tertiary/aromatic N) is 3. The second-order valence-electron chi connectivity index (χ2n) is 3.31. The fourth-order valence-corrected chi connectivity index (χ4v) is 1.42. The summed E-state index contributed by atoms with van der Waals surface area (Å²) >= 11 is 0. The highest BCUT2D eigenvalue weighted by molar-refractivity contribution is 5.90. The van der Waals surface area contributed by atoms with Gasteiger partial charge in [0, 0.05) is 7.05 Å². The Morgan fingerprint density at radius 1 is 1.38 bits per heavy atom. The number of benzene rings is 1. The molecule has 0 fully saturated rings. The maximum atomic E-state index is 11.5. The minimum Gasteiger partial charge on any atom is -0.352 e. The molecular weight excluding hydrogens is 204 g/mol. The summed E-state index contributed by atoms with van der Waals surface area (Å²) in [6.45, 7) is 0.545. The van der Waals surface area contributed by atoms with Gasteiger partial charge in [0.15, 0.2) is 0 Å². The summed E-state index contributed by atoms with van der Waals surface area (Å²) in [5.74, 6) is 0.0970. The number of hydrogen-bond acceptors (Lipinski definition) is 3. The van der Waals surface area contributed by atoms with Crippen molar-refractivity contribution in [1.29, 1.82) is 0 Å². The molecule has 1 aromatic carbocycles. The molecule has 0 bridgehead atoms. The van der Waals surface area contributed by atoms with E-state index in [2.05, 4.69) is 15.4 Å². The molecule has 1 aromatic heterocycles. The Morgan fingerprint density at radius 2 is 2.12 bits per heavy atom. The Kier molecular flexibility index (Phi) is 2.95. The largest absolute Gasteiger partial charge is 0.352 e. The summed E-state index contributed by atoms with van der Waals surface area (Å²) in [6, 6.07) is 9.81. The lowest BCUT2D eigenvalue weighted by Gasteiger charge is -2.04. The summed E-state index contributed by atoms with van der Waals surface area (Å²) in [4.78, 5) is 15.4. The van der Waals surface area contributed by atoms with Crippen molar-refractivity contribution >= 4 is 5.91 Å². The van der Waals surface area contributed by atoms with E-state index < -0.39 is 0 Å². The molecule has 0 saturated carbocycles. The van der Waals surface area contributed by atoms with Gasteiger partial charge in [-0.1, -0.05) is 30.3 Å². The molecule has 0 spiro atoms. The van der Waals surface area contributed by atoms with Gasteiger partial charge in [0.2, 0.25) is 5.82 Å². The van der Waals surface area contributed by atoms with Gasteiger partial charge in [0.25, 0.3) is 5.91 Å². The van der Waals surface area contributed by atoms with Gasteiger partial charge in [0.05, 0.1) is 6.54 Å². The summed E-state index contributed by atoms with van der Waals surface area (Å²) in [5.41, 5.74) is 1.08. The molecule has 0 aliphatic heterocycles. The van der Waals surface area contributed by atoms with Crippen LogP contribution >= 0.6 is 0 Å². The van der Waals surface area contributed by atoms with Crippen LogP contribution in [0, 0.1) is 0 Å². The number of hydrogen-bond donors (Lipinski definition) is 1. The third-order valence-corrected chi connectivity index (χ3v) is 2.22. The van der Waals surface area contributed by atoms with Crippen molar-refractivity contribution in [3.8, 4) is 0 Å². The van der Waals surface area contributed by atoms with E-state index in [1.165, 1.54) is 6.33 Å². The molecule has 0 atom stereocenters. The number of carbonyl (C=O) groups is 1. The second-order valence-corrected chi connectivity index (χ2v) is 3.31. The second kappa shape index (κ2) is 4.57. The van der Waals surface area contributed by atoms with Gasteiger partial charge in [-0.05, 0) is 5.56 Å². The van der Waals surface area contributed by atoms with Crippen LogP contribution in [0.3, 0.4) is 0 Å². The first-order valence-corrected chi connectivity index (χ1v) is 4.95. The first-order chi connectivity index (χ1) is 7.81. The zero-order valence-corrected chi connectivity index (χ0v) is 8.92. The third-order valence-electron chi connectivity index (χ3n) is 2.22. The maximum Gasteiger partial charge on any atom is 0.288 e. The lowest BCUT2D eigenvalue weighted by atomic mass is 10.2. The average Bonchev–Trinajstić information content (AvgIpc) is 2.77. The quantitative estimate of drug-likeness (QED) is 0.821. The molecule has 0 radical (unpaired) electrons. The lowest BCUT2D eigenvalue weighted by molar-refractivity contribution is 0.0947. The van der Waals surface area contributed by atoms with E-state index in [4.69, 9.17) is 0 Å².